The molecular weight excluding hydrogens is 416 g/mol. The number of thiophene rings is 1. The largest absolute Gasteiger partial charge is 0.444 e. The van der Waals surface area contributed by atoms with E-state index in [1.165, 1.54) is 28.4 Å². The smallest absolute Gasteiger partial charge is 0.411 e. The average Bonchev–Trinajstić information content (AvgIpc) is 3.51. The third-order valence-electron chi connectivity index (χ3n) is 4.09. The Balaban J connectivity index is 1.34. The second kappa shape index (κ2) is 9.55. The van der Waals surface area contributed by atoms with Crippen molar-refractivity contribution in [3.8, 4) is 5.82 Å². The number of ether oxygens (including phenoxy) is 1. The molecule has 9 nitrogen and oxygen atoms in total. The van der Waals surface area contributed by atoms with E-state index in [1.807, 2.05) is 17.5 Å². The number of rotatable bonds is 7. The van der Waals surface area contributed by atoms with Crippen LogP contribution in [0.2, 0.25) is 0 Å². The summed E-state index contributed by atoms with van der Waals surface area (Å²) in [6, 6.07) is 15.7. The molecule has 0 saturated carbocycles. The molecule has 4 aromatic rings. The highest BCUT2D eigenvalue weighted by molar-refractivity contribution is 7.09. The number of benzene rings is 1. The summed E-state index contributed by atoms with van der Waals surface area (Å²) in [6.45, 7) is 0.216. The first-order valence-corrected chi connectivity index (χ1v) is 10.0. The fourth-order valence-corrected chi connectivity index (χ4v) is 3.20. The van der Waals surface area contributed by atoms with Crippen LogP contribution >= 0.6 is 11.3 Å². The molecule has 0 aliphatic carbocycles. The Labute approximate surface area is 181 Å². The summed E-state index contributed by atoms with van der Waals surface area (Å²) in [6.07, 6.45) is 3.93. The molecule has 0 radical (unpaired) electrons. The highest BCUT2D eigenvalue weighted by Gasteiger charge is 2.07. The van der Waals surface area contributed by atoms with Crippen LogP contribution in [-0.2, 0) is 11.3 Å². The van der Waals surface area contributed by atoms with Gasteiger partial charge in [-0.25, -0.2) is 9.78 Å². The van der Waals surface area contributed by atoms with Gasteiger partial charge in [-0.3, -0.25) is 10.1 Å². The topological polar surface area (TPSA) is 112 Å². The summed E-state index contributed by atoms with van der Waals surface area (Å²) in [4.78, 5) is 29.7. The van der Waals surface area contributed by atoms with Crippen molar-refractivity contribution < 1.29 is 14.3 Å². The van der Waals surface area contributed by atoms with Crippen molar-refractivity contribution in [2.24, 2.45) is 0 Å². The summed E-state index contributed by atoms with van der Waals surface area (Å²) in [5.74, 6) is 0.349. The third-order valence-corrected chi connectivity index (χ3v) is 4.94. The number of anilines is 1. The fourth-order valence-electron chi connectivity index (χ4n) is 2.59. The van der Waals surface area contributed by atoms with Gasteiger partial charge < -0.3 is 4.74 Å². The van der Waals surface area contributed by atoms with Crippen LogP contribution in [-0.4, -0.2) is 37.1 Å². The fraction of sp³-hybridized carbons (Fsp3) is 0.0476. The van der Waals surface area contributed by atoms with Crippen LogP contribution in [0.5, 0.6) is 0 Å². The van der Waals surface area contributed by atoms with Crippen LogP contribution in [0.15, 0.2) is 72.4 Å². The van der Waals surface area contributed by atoms with Crippen molar-refractivity contribution in [3.63, 3.8) is 0 Å². The van der Waals surface area contributed by atoms with Gasteiger partial charge in [0.15, 0.2) is 11.6 Å². The Hall–Kier alpha value is -4.18. The first-order chi connectivity index (χ1) is 15.2. The van der Waals surface area contributed by atoms with Crippen molar-refractivity contribution in [2.75, 3.05) is 5.32 Å². The van der Waals surface area contributed by atoms with Crippen molar-refractivity contribution >= 4 is 35.0 Å². The highest BCUT2D eigenvalue weighted by atomic mass is 32.1. The maximum absolute atomic E-state index is 12.4. The lowest BCUT2D eigenvalue weighted by Crippen LogP contribution is -2.13. The predicted octanol–water partition coefficient (Wildman–Crippen LogP) is 3.76. The normalized spacial score (nSPS) is 10.8. The number of hydrogen-bond donors (Lipinski definition) is 1. The van der Waals surface area contributed by atoms with Crippen LogP contribution in [0.4, 0.5) is 10.5 Å². The van der Waals surface area contributed by atoms with E-state index in [4.69, 9.17) is 4.74 Å². The SMILES string of the molecule is O=C(Nc1ccc(C(=O)C=Cc2cccc(-n3cnnn3)n2)cc1)OCc1cccs1. The van der Waals surface area contributed by atoms with Crippen molar-refractivity contribution in [2.45, 2.75) is 6.61 Å². The maximum atomic E-state index is 12.4. The lowest BCUT2D eigenvalue weighted by molar-refractivity contribution is 0.104. The van der Waals surface area contributed by atoms with Crippen LogP contribution in [0, 0.1) is 0 Å². The van der Waals surface area contributed by atoms with Gasteiger partial charge in [0.25, 0.3) is 0 Å². The second-order valence-corrected chi connectivity index (χ2v) is 7.26. The Bertz CT molecular complexity index is 1190. The van der Waals surface area contributed by atoms with E-state index in [0.29, 0.717) is 22.8 Å². The summed E-state index contributed by atoms with van der Waals surface area (Å²) >= 11 is 1.52. The van der Waals surface area contributed by atoms with Gasteiger partial charge in [0.1, 0.15) is 12.9 Å². The van der Waals surface area contributed by atoms with Crippen molar-refractivity contribution in [1.82, 2.24) is 25.2 Å². The number of nitrogens with zero attached hydrogens (tertiary/aromatic N) is 5. The zero-order chi connectivity index (χ0) is 21.5. The predicted molar refractivity (Wildman–Crippen MR) is 115 cm³/mol. The van der Waals surface area contributed by atoms with Gasteiger partial charge in [0, 0.05) is 16.1 Å². The van der Waals surface area contributed by atoms with E-state index < -0.39 is 6.09 Å². The zero-order valence-corrected chi connectivity index (χ0v) is 16.9. The standard InChI is InChI=1S/C21H16N6O3S/c28-19(11-10-16-3-1-5-20(23-16)27-14-22-25-26-27)15-6-8-17(9-7-15)24-21(29)30-13-18-4-2-12-31-18/h1-12,14H,13H2,(H,24,29). The second-order valence-electron chi connectivity index (χ2n) is 6.23. The first kappa shape index (κ1) is 20.1. The van der Waals surface area contributed by atoms with Crippen LogP contribution in [0.25, 0.3) is 11.9 Å². The molecule has 0 fully saturated rings. The van der Waals surface area contributed by atoms with Crippen molar-refractivity contribution in [3.05, 3.63) is 88.5 Å². The number of pyridine rings is 1. The van der Waals surface area contributed by atoms with Crippen LogP contribution in [0.1, 0.15) is 20.9 Å². The van der Waals surface area contributed by atoms with E-state index in [2.05, 4.69) is 25.8 Å². The Kier molecular flexibility index (Phi) is 6.19. The maximum Gasteiger partial charge on any atom is 0.411 e. The molecule has 3 heterocycles. The zero-order valence-electron chi connectivity index (χ0n) is 16.1. The molecule has 0 spiro atoms. The minimum Gasteiger partial charge on any atom is -0.444 e. The third kappa shape index (κ3) is 5.46. The van der Waals surface area contributed by atoms with Gasteiger partial charge >= 0.3 is 6.09 Å². The molecule has 10 heteroatoms. The van der Waals surface area contributed by atoms with E-state index in [-0.39, 0.29) is 12.4 Å². The Morgan fingerprint density at radius 2 is 1.97 bits per heavy atom. The quantitative estimate of drug-likeness (QED) is 0.349. The number of ketones is 1. The number of nitrogens with one attached hydrogen (secondary N) is 1. The minimum atomic E-state index is -0.555. The van der Waals surface area contributed by atoms with Gasteiger partial charge in [-0.1, -0.05) is 12.1 Å². The Morgan fingerprint density at radius 1 is 1.10 bits per heavy atom. The summed E-state index contributed by atoms with van der Waals surface area (Å²) < 4.78 is 6.58. The molecular formula is C21H16N6O3S. The number of carbonyl (C=O) groups excluding carboxylic acids is 2. The molecule has 0 aliphatic rings. The summed E-state index contributed by atoms with van der Waals surface area (Å²) in [5, 5.41) is 15.5. The average molecular weight is 432 g/mol. The number of carbonyl (C=O) groups is 2. The molecule has 4 rings (SSSR count). The molecule has 0 unspecified atom stereocenters. The van der Waals surface area contributed by atoms with Gasteiger partial charge in [0.2, 0.25) is 0 Å². The number of hydrogen-bond acceptors (Lipinski definition) is 8. The van der Waals surface area contributed by atoms with Gasteiger partial charge in [-0.15, -0.1) is 16.4 Å². The number of aromatic nitrogens is 5. The van der Waals surface area contributed by atoms with E-state index in [1.54, 1.807) is 48.5 Å². The number of allylic oxidation sites excluding steroid dienone is 1. The van der Waals surface area contributed by atoms with E-state index in [9.17, 15) is 9.59 Å². The molecule has 1 aromatic carbocycles. The molecule has 3 aromatic heterocycles. The molecule has 1 amide bonds. The molecule has 0 atom stereocenters. The summed E-state index contributed by atoms with van der Waals surface area (Å²) in [7, 11) is 0. The lowest BCUT2D eigenvalue weighted by atomic mass is 10.1. The summed E-state index contributed by atoms with van der Waals surface area (Å²) in [5.41, 5.74) is 1.60. The van der Waals surface area contributed by atoms with Crippen LogP contribution < -0.4 is 5.32 Å². The first-order valence-electron chi connectivity index (χ1n) is 9.16. The molecule has 154 valence electrons. The molecule has 0 bridgehead atoms. The number of amides is 1. The monoisotopic (exact) mass is 432 g/mol. The minimum absolute atomic E-state index is 0.193. The van der Waals surface area contributed by atoms with E-state index in [0.717, 1.165) is 4.88 Å². The van der Waals surface area contributed by atoms with Gasteiger partial charge in [-0.05, 0) is 70.4 Å². The molecule has 1 N–H and O–H groups in total. The van der Waals surface area contributed by atoms with Gasteiger partial charge in [0.05, 0.1) is 5.69 Å². The van der Waals surface area contributed by atoms with Crippen LogP contribution in [0.3, 0.4) is 0 Å². The van der Waals surface area contributed by atoms with E-state index >= 15 is 0 Å². The molecule has 0 saturated heterocycles. The Morgan fingerprint density at radius 3 is 2.71 bits per heavy atom. The number of tetrazole rings is 1. The highest BCUT2D eigenvalue weighted by Crippen LogP contribution is 2.14. The lowest BCUT2D eigenvalue weighted by Gasteiger charge is -2.06. The van der Waals surface area contributed by atoms with Gasteiger partial charge in [-0.2, -0.15) is 4.68 Å². The molecule has 0 aliphatic heterocycles. The van der Waals surface area contributed by atoms with Crippen molar-refractivity contribution in [1.29, 1.82) is 0 Å². The molecule has 31 heavy (non-hydrogen) atoms.